The first kappa shape index (κ1) is 45.7. The van der Waals surface area contributed by atoms with Crippen molar-refractivity contribution in [3.05, 3.63) is 145 Å². The van der Waals surface area contributed by atoms with Crippen LogP contribution in [0.15, 0.2) is 122 Å². The molecule has 10 nitrogen and oxygen atoms in total. The zero-order chi connectivity index (χ0) is 38.3. The minimum atomic E-state index is -0.830. The molecule has 0 unspecified atom stereocenters. The van der Waals surface area contributed by atoms with Gasteiger partial charge in [0.1, 0.15) is 27.6 Å². The number of carbonyl (C=O) groups is 1. The molecule has 14 heteroatoms. The Balaban J connectivity index is 0.00000171. The zero-order valence-electron chi connectivity index (χ0n) is 32.8. The van der Waals surface area contributed by atoms with E-state index in [-0.39, 0.29) is 74.3 Å². The number of hydrogen-bond donors (Lipinski definition) is 3. The van der Waals surface area contributed by atoms with E-state index < -0.39 is 5.97 Å². The first-order valence-electron chi connectivity index (χ1n) is 18.5. The predicted molar refractivity (Wildman–Crippen MR) is 217 cm³/mol. The number of aliphatic carboxylic acids is 1. The summed E-state index contributed by atoms with van der Waals surface area (Å²) in [5, 5.41) is 9.29. The smallest absolute Gasteiger partial charge is 0.309 e. The lowest BCUT2D eigenvalue weighted by atomic mass is 10.0. The summed E-state index contributed by atoms with van der Waals surface area (Å²) in [7, 11) is 6.05. The molecule has 0 aromatic carbocycles. The van der Waals surface area contributed by atoms with E-state index in [0.29, 0.717) is 6.54 Å². The summed E-state index contributed by atoms with van der Waals surface area (Å²) in [5.74, 6) is -0.830. The maximum atomic E-state index is 11.3. The Labute approximate surface area is 389 Å². The van der Waals surface area contributed by atoms with Crippen LogP contribution in [0, 0.1) is 0 Å². The van der Waals surface area contributed by atoms with Gasteiger partial charge < -0.3 is 83.0 Å². The van der Waals surface area contributed by atoms with Gasteiger partial charge in [-0.05, 0) is 70.8 Å². The maximum Gasteiger partial charge on any atom is 0.309 e. The number of carboxylic acid groups (broad SMARTS) is 1. The Morgan fingerprint density at radius 3 is 1.00 bits per heavy atom. The van der Waals surface area contributed by atoms with Gasteiger partial charge in [-0.25, -0.2) is 28.2 Å². The van der Waals surface area contributed by atoms with E-state index in [1.54, 1.807) is 0 Å². The highest BCUT2D eigenvalue weighted by Gasteiger charge is 2.20. The highest BCUT2D eigenvalue weighted by Crippen LogP contribution is 2.37. The highest BCUT2D eigenvalue weighted by molar-refractivity contribution is 5.99. The number of aromatic nitrogens is 8. The lowest BCUT2D eigenvalue weighted by Crippen LogP contribution is -3.00. The molecule has 3 N–H and O–H groups in total. The number of fused-ring (bicyclic) bond motifs is 8. The fourth-order valence-corrected chi connectivity index (χ4v) is 7.42. The minimum Gasteiger partial charge on any atom is -1.00 e. The molecule has 0 spiro atoms. The quantitative estimate of drug-likeness (QED) is 0.139. The molecule has 304 valence electrons. The predicted octanol–water partition coefficient (Wildman–Crippen LogP) is -5.42. The number of H-pyrrole nitrogens is 2. The van der Waals surface area contributed by atoms with Crippen molar-refractivity contribution in [3.63, 3.8) is 0 Å². The molecular formula is C46H40Br4N8O2. The second-order valence-electron chi connectivity index (χ2n) is 14.2. The van der Waals surface area contributed by atoms with Crippen molar-refractivity contribution in [2.45, 2.75) is 13.0 Å². The van der Waals surface area contributed by atoms with Crippen LogP contribution in [0.5, 0.6) is 0 Å². The summed E-state index contributed by atoms with van der Waals surface area (Å²) in [4.78, 5) is 29.7. The number of aromatic amines is 2. The van der Waals surface area contributed by atoms with Crippen molar-refractivity contribution in [2.24, 2.45) is 21.1 Å². The zero-order valence-corrected chi connectivity index (χ0v) is 39.2. The monoisotopic (exact) mass is 1050 g/mol. The highest BCUT2D eigenvalue weighted by atomic mass is 79.9. The number of nitrogens with zero attached hydrogens (tertiary/aromatic N) is 6. The van der Waals surface area contributed by atoms with Crippen LogP contribution in [0.2, 0.25) is 0 Å². The average Bonchev–Trinajstić information content (AvgIpc) is 4.04. The largest absolute Gasteiger partial charge is 1.00 e. The van der Waals surface area contributed by atoms with Crippen LogP contribution in [0.25, 0.3) is 90.9 Å². The number of rotatable bonds is 7. The Kier molecular flexibility index (Phi) is 14.7. The molecule has 2 aliphatic rings. The third-order valence-corrected chi connectivity index (χ3v) is 10.3. The maximum absolute atomic E-state index is 11.3. The molecule has 0 saturated carbocycles. The molecule has 0 radical (unpaired) electrons. The summed E-state index contributed by atoms with van der Waals surface area (Å²) < 4.78 is 7.97. The Morgan fingerprint density at radius 2 is 0.733 bits per heavy atom. The molecule has 8 bridgehead atoms. The molecule has 9 heterocycles. The van der Waals surface area contributed by atoms with E-state index in [1.807, 2.05) is 88.7 Å². The van der Waals surface area contributed by atoms with Crippen LogP contribution in [-0.2, 0) is 32.5 Å². The van der Waals surface area contributed by atoms with Gasteiger partial charge in [-0.3, -0.25) is 4.79 Å². The molecule has 7 aromatic rings. The molecule has 0 fully saturated rings. The van der Waals surface area contributed by atoms with E-state index in [2.05, 4.69) is 107 Å². The van der Waals surface area contributed by atoms with Gasteiger partial charge in [0.25, 0.3) is 0 Å². The number of halogens is 4. The van der Waals surface area contributed by atoms with Gasteiger partial charge in [0.2, 0.25) is 0 Å². The summed E-state index contributed by atoms with van der Waals surface area (Å²) in [6.45, 7) is 0.380. The van der Waals surface area contributed by atoms with Crippen LogP contribution in [0.3, 0.4) is 0 Å². The Hall–Kier alpha value is -5.41. The molecule has 60 heavy (non-hydrogen) atoms. The third kappa shape index (κ3) is 9.16. The van der Waals surface area contributed by atoms with Gasteiger partial charge in [0.15, 0.2) is 56.1 Å². The molecule has 7 aromatic heterocycles. The number of hydrogen-bond acceptors (Lipinski definition) is 3. The molecule has 2 aliphatic heterocycles. The third-order valence-electron chi connectivity index (χ3n) is 10.3. The van der Waals surface area contributed by atoms with E-state index in [1.165, 1.54) is 0 Å². The Bertz CT molecular complexity index is 2860. The van der Waals surface area contributed by atoms with Crippen molar-refractivity contribution >= 4 is 52.3 Å². The lowest BCUT2D eigenvalue weighted by Gasteiger charge is -2.06. The molecule has 0 saturated heterocycles. The minimum absolute atomic E-state index is 0. The second-order valence-corrected chi connectivity index (χ2v) is 14.2. The number of carboxylic acids is 1. The molecule has 9 rings (SSSR count). The lowest BCUT2D eigenvalue weighted by molar-refractivity contribution is -0.695. The van der Waals surface area contributed by atoms with Gasteiger partial charge in [0, 0.05) is 92.9 Å². The van der Waals surface area contributed by atoms with E-state index in [9.17, 15) is 9.90 Å². The van der Waals surface area contributed by atoms with Gasteiger partial charge >= 0.3 is 5.97 Å². The summed E-state index contributed by atoms with van der Waals surface area (Å²) in [6, 6.07) is 25.3. The molecule has 0 atom stereocenters. The number of nitrogens with one attached hydrogen (secondary N) is 2. The summed E-state index contributed by atoms with van der Waals surface area (Å²) in [6.07, 6.45) is 24.6. The fourth-order valence-electron chi connectivity index (χ4n) is 7.42. The van der Waals surface area contributed by atoms with E-state index in [4.69, 9.17) is 9.97 Å². The van der Waals surface area contributed by atoms with Crippen molar-refractivity contribution < 1.29 is 96.1 Å². The molecule has 0 amide bonds. The van der Waals surface area contributed by atoms with E-state index >= 15 is 0 Å². The first-order valence-corrected chi connectivity index (χ1v) is 18.5. The molecule has 0 aliphatic carbocycles. The average molecular weight is 1060 g/mol. The Morgan fingerprint density at radius 1 is 0.467 bits per heavy atom. The van der Waals surface area contributed by atoms with Crippen LogP contribution >= 0.6 is 0 Å². The van der Waals surface area contributed by atoms with Crippen molar-refractivity contribution in [3.8, 4) is 44.5 Å². The number of pyridine rings is 4. The van der Waals surface area contributed by atoms with Crippen molar-refractivity contribution in [2.75, 3.05) is 0 Å². The van der Waals surface area contributed by atoms with Crippen LogP contribution < -0.4 is 86.2 Å². The van der Waals surface area contributed by atoms with Gasteiger partial charge in [-0.2, -0.15) is 0 Å². The SMILES string of the molecule is C[n+]1ccc(-c2c3nc(c(-c4cc[n+](C)cc4)c4ccc([nH]4)c(-c4cc[n+](CCC(=O)O)cc4)c4nc(c(-c5cc[n+](C)cc5)c5ccc2[nH]5)C=C4)C=C3)cc1.[Br-].[Br-].[Br-].[Br-]. The van der Waals surface area contributed by atoms with Gasteiger partial charge in [-0.15, -0.1) is 0 Å². The molecular weight excluding hydrogens is 1020 g/mol. The number of aryl methyl sites for hydroxylation is 4. The van der Waals surface area contributed by atoms with E-state index in [0.717, 1.165) is 89.4 Å². The van der Waals surface area contributed by atoms with Gasteiger partial charge in [-0.1, -0.05) is 0 Å². The second kappa shape index (κ2) is 19.3. The van der Waals surface area contributed by atoms with Crippen LogP contribution in [0.4, 0.5) is 0 Å². The summed E-state index contributed by atoms with van der Waals surface area (Å²) >= 11 is 0. The van der Waals surface area contributed by atoms with Crippen molar-refractivity contribution in [1.82, 2.24) is 19.9 Å². The summed E-state index contributed by atoms with van der Waals surface area (Å²) in [5.41, 5.74) is 15.0. The normalized spacial score (nSPS) is 11.2. The van der Waals surface area contributed by atoms with Gasteiger partial charge in [0.05, 0.1) is 22.8 Å². The van der Waals surface area contributed by atoms with Crippen LogP contribution in [-0.4, -0.2) is 31.0 Å². The standard InChI is InChI=1S/C46H37N8O2.4BrH/c1-51-21-12-30(13-22-51)43-34-4-6-36(47-34)44(31-14-23-52(2)24-15-31)38-8-10-40(49-38)46(33-18-27-54(28-19-33)29-20-42(55)56)41-11-9-39(50-41)45(37-7-5-35(43)48-37)32-16-25-53(3)26-17-32;;;;/h4-19,21-28H,20,29H2,1-3H3;4*1H/q+1;;;;/p-1. The van der Waals surface area contributed by atoms with Crippen LogP contribution in [0.1, 0.15) is 29.2 Å². The topological polar surface area (TPSA) is 110 Å². The first-order chi connectivity index (χ1) is 27.3. The van der Waals surface area contributed by atoms with Crippen molar-refractivity contribution in [1.29, 1.82) is 0 Å². The fraction of sp³-hybridized carbons (Fsp3) is 0.109.